The van der Waals surface area contributed by atoms with Crippen molar-refractivity contribution in [1.29, 1.82) is 0 Å². The molecule has 188 valence electrons. The first kappa shape index (κ1) is 24.8. The van der Waals surface area contributed by atoms with Crippen molar-refractivity contribution in [3.8, 4) is 0 Å². The molecule has 4 unspecified atom stereocenters. The number of amides is 1. The summed E-state index contributed by atoms with van der Waals surface area (Å²) in [5, 5.41) is 20.1. The van der Waals surface area contributed by atoms with Crippen LogP contribution in [0.2, 0.25) is 0 Å². The Morgan fingerprint density at radius 2 is 1.70 bits per heavy atom. The van der Waals surface area contributed by atoms with E-state index in [1.54, 1.807) is 0 Å². The molecule has 6 nitrogen and oxygen atoms in total. The molecule has 0 aromatic heterocycles. The number of hydrogen-bond donors (Lipinski definition) is 3. The molecule has 4 aliphatic carbocycles. The lowest BCUT2D eigenvalue weighted by Crippen LogP contribution is -2.59. The standard InChI is InChI=1S/C27H45NO5/c1-16(2)13-18(15-29)27(33-24(28)32)12-11-25(3)17(14-27)5-6-19-20-7-8-22(23(30)31)26(20,4)10-9-21(19)25/h16-22,29H,5-15H2,1-4H3,(H2,28,32)(H,30,31)/t17?,18?,19-,20-,21-,22?,25-,26-,27?/m0/s1. The van der Waals surface area contributed by atoms with E-state index < -0.39 is 17.7 Å². The van der Waals surface area contributed by atoms with Crippen LogP contribution in [0.5, 0.6) is 0 Å². The van der Waals surface area contributed by atoms with Gasteiger partial charge in [0.2, 0.25) is 0 Å². The van der Waals surface area contributed by atoms with Gasteiger partial charge in [-0.3, -0.25) is 4.79 Å². The Labute approximate surface area is 199 Å². The zero-order valence-corrected chi connectivity index (χ0v) is 21.0. The lowest BCUT2D eigenvalue weighted by Gasteiger charge is -2.62. The van der Waals surface area contributed by atoms with E-state index in [0.29, 0.717) is 29.6 Å². The maximum Gasteiger partial charge on any atom is 0.405 e. The fraction of sp³-hybridized carbons (Fsp3) is 0.926. The second-order valence-corrected chi connectivity index (χ2v) is 12.9. The first-order chi connectivity index (χ1) is 15.5. The number of carbonyl (C=O) groups excluding carboxylic acids is 1. The summed E-state index contributed by atoms with van der Waals surface area (Å²) < 4.78 is 5.90. The Hall–Kier alpha value is -1.30. The van der Waals surface area contributed by atoms with Crippen LogP contribution in [0.15, 0.2) is 0 Å². The smallest absolute Gasteiger partial charge is 0.405 e. The first-order valence-electron chi connectivity index (χ1n) is 13.3. The van der Waals surface area contributed by atoms with Crippen molar-refractivity contribution in [3.63, 3.8) is 0 Å². The topological polar surface area (TPSA) is 110 Å². The number of hydrogen-bond acceptors (Lipinski definition) is 4. The van der Waals surface area contributed by atoms with Crippen LogP contribution >= 0.6 is 0 Å². The van der Waals surface area contributed by atoms with Gasteiger partial charge >= 0.3 is 12.1 Å². The number of carboxylic acids is 1. The van der Waals surface area contributed by atoms with Crippen molar-refractivity contribution in [3.05, 3.63) is 0 Å². The number of carboxylic acid groups (broad SMARTS) is 1. The molecule has 0 saturated heterocycles. The Bertz CT molecular complexity index is 770. The van der Waals surface area contributed by atoms with Crippen molar-refractivity contribution in [2.75, 3.05) is 6.61 Å². The summed E-state index contributed by atoms with van der Waals surface area (Å²) in [6, 6.07) is 0. The molecule has 4 fully saturated rings. The molecular formula is C27H45NO5. The highest BCUT2D eigenvalue weighted by atomic mass is 16.6. The van der Waals surface area contributed by atoms with Crippen molar-refractivity contribution < 1.29 is 24.5 Å². The second kappa shape index (κ2) is 8.73. The minimum Gasteiger partial charge on any atom is -0.481 e. The minimum absolute atomic E-state index is 0.0119. The molecule has 0 spiro atoms. The number of fused-ring (bicyclic) bond motifs is 5. The summed E-state index contributed by atoms with van der Waals surface area (Å²) >= 11 is 0. The van der Waals surface area contributed by atoms with Crippen molar-refractivity contribution in [2.24, 2.45) is 58.0 Å². The van der Waals surface area contributed by atoms with Gasteiger partial charge in [0.25, 0.3) is 0 Å². The number of aliphatic hydroxyl groups is 1. The molecule has 0 heterocycles. The predicted molar refractivity (Wildman–Crippen MR) is 126 cm³/mol. The van der Waals surface area contributed by atoms with Crippen molar-refractivity contribution >= 4 is 12.1 Å². The number of carbonyl (C=O) groups is 2. The van der Waals surface area contributed by atoms with Crippen LogP contribution in [0.3, 0.4) is 0 Å². The predicted octanol–water partition coefficient (Wildman–Crippen LogP) is 5.22. The molecule has 4 rings (SSSR count). The Morgan fingerprint density at radius 1 is 1.00 bits per heavy atom. The van der Waals surface area contributed by atoms with E-state index in [1.807, 2.05) is 0 Å². The molecule has 33 heavy (non-hydrogen) atoms. The largest absolute Gasteiger partial charge is 0.481 e. The minimum atomic E-state index is -0.728. The Kier molecular flexibility index (Phi) is 6.56. The molecule has 9 atom stereocenters. The molecule has 0 radical (unpaired) electrons. The van der Waals surface area contributed by atoms with Gasteiger partial charge in [0.15, 0.2) is 0 Å². The second-order valence-electron chi connectivity index (χ2n) is 12.9. The normalized spacial score (nSPS) is 45.6. The van der Waals surface area contributed by atoms with Gasteiger partial charge in [0.1, 0.15) is 5.60 Å². The number of rotatable bonds is 6. The van der Waals surface area contributed by atoms with Crippen molar-refractivity contribution in [1.82, 2.24) is 0 Å². The maximum atomic E-state index is 12.0. The number of ether oxygens (including phenoxy) is 1. The quantitative estimate of drug-likeness (QED) is 0.500. The molecule has 1 amide bonds. The van der Waals surface area contributed by atoms with E-state index >= 15 is 0 Å². The lowest BCUT2D eigenvalue weighted by molar-refractivity contribution is -0.173. The average molecular weight is 464 g/mol. The van der Waals surface area contributed by atoms with E-state index in [1.165, 1.54) is 0 Å². The monoisotopic (exact) mass is 463 g/mol. The fourth-order valence-corrected chi connectivity index (χ4v) is 9.44. The molecule has 6 heteroatoms. The Morgan fingerprint density at radius 3 is 2.30 bits per heavy atom. The van der Waals surface area contributed by atoms with Crippen LogP contribution in [0.1, 0.15) is 91.9 Å². The Balaban J connectivity index is 1.58. The summed E-state index contributed by atoms with van der Waals surface area (Å²) in [5.74, 6) is 1.66. The molecule has 4 N–H and O–H groups in total. The van der Waals surface area contributed by atoms with Gasteiger partial charge in [0.05, 0.1) is 5.92 Å². The molecule has 0 aliphatic heterocycles. The average Bonchev–Trinajstić information content (AvgIpc) is 3.09. The highest BCUT2D eigenvalue weighted by molar-refractivity contribution is 5.71. The summed E-state index contributed by atoms with van der Waals surface area (Å²) in [5.41, 5.74) is 4.99. The number of primary amides is 1. The molecule has 0 aromatic rings. The maximum absolute atomic E-state index is 12.0. The first-order valence-corrected chi connectivity index (χ1v) is 13.3. The van der Waals surface area contributed by atoms with Gasteiger partial charge in [-0.25, -0.2) is 4.79 Å². The number of aliphatic hydroxyl groups excluding tert-OH is 1. The molecular weight excluding hydrogens is 418 g/mol. The van der Waals surface area contributed by atoms with Crippen LogP contribution < -0.4 is 5.73 Å². The van der Waals surface area contributed by atoms with Gasteiger partial charge in [-0.15, -0.1) is 0 Å². The van der Waals surface area contributed by atoms with E-state index in [0.717, 1.165) is 64.2 Å². The van der Waals surface area contributed by atoms with Gasteiger partial charge in [-0.05, 0) is 105 Å². The zero-order valence-electron chi connectivity index (χ0n) is 21.0. The van der Waals surface area contributed by atoms with Gasteiger partial charge in [-0.1, -0.05) is 27.7 Å². The van der Waals surface area contributed by atoms with Crippen LogP contribution in [-0.4, -0.2) is 34.5 Å². The highest BCUT2D eigenvalue weighted by Gasteiger charge is 2.63. The SMILES string of the molecule is CC(C)CC(CO)C1(OC(N)=O)CC[C@@]2(C)C(CC[C@@H]3[C@@H]2CC[C@]2(C)C(C(=O)O)CC[C@@H]32)C1. The third kappa shape index (κ3) is 3.98. The summed E-state index contributed by atoms with van der Waals surface area (Å²) in [7, 11) is 0. The van der Waals surface area contributed by atoms with Gasteiger partial charge in [-0.2, -0.15) is 0 Å². The molecule has 0 aromatic carbocycles. The van der Waals surface area contributed by atoms with Crippen LogP contribution in [0, 0.1) is 52.3 Å². The van der Waals surface area contributed by atoms with E-state index in [2.05, 4.69) is 27.7 Å². The number of nitrogens with two attached hydrogens (primary N) is 1. The summed E-state index contributed by atoms with van der Waals surface area (Å²) in [6.07, 6.45) is 8.81. The van der Waals surface area contributed by atoms with E-state index in [9.17, 15) is 19.8 Å². The van der Waals surface area contributed by atoms with Gasteiger partial charge in [0, 0.05) is 12.5 Å². The summed E-state index contributed by atoms with van der Waals surface area (Å²) in [4.78, 5) is 23.9. The zero-order chi connectivity index (χ0) is 24.2. The third-order valence-corrected chi connectivity index (χ3v) is 11.1. The fourth-order valence-electron chi connectivity index (χ4n) is 9.44. The number of aliphatic carboxylic acids is 1. The summed E-state index contributed by atoms with van der Waals surface area (Å²) in [6.45, 7) is 9.00. The van der Waals surface area contributed by atoms with Gasteiger partial charge < -0.3 is 20.7 Å². The van der Waals surface area contributed by atoms with Crippen LogP contribution in [0.25, 0.3) is 0 Å². The van der Waals surface area contributed by atoms with Crippen LogP contribution in [-0.2, 0) is 9.53 Å². The van der Waals surface area contributed by atoms with E-state index in [4.69, 9.17) is 10.5 Å². The molecule has 4 aliphatic rings. The van der Waals surface area contributed by atoms with Crippen LogP contribution in [0.4, 0.5) is 4.79 Å². The van der Waals surface area contributed by atoms with Crippen molar-refractivity contribution in [2.45, 2.75) is 97.5 Å². The van der Waals surface area contributed by atoms with E-state index in [-0.39, 0.29) is 29.3 Å². The lowest BCUT2D eigenvalue weighted by atomic mass is 9.43. The molecule has 0 bridgehead atoms. The highest BCUT2D eigenvalue weighted by Crippen LogP contribution is 2.68. The third-order valence-electron chi connectivity index (χ3n) is 11.1. The molecule has 4 saturated carbocycles.